The van der Waals surface area contributed by atoms with Gasteiger partial charge in [-0.3, -0.25) is 14.4 Å². The summed E-state index contributed by atoms with van der Waals surface area (Å²) in [5.74, 6) is 0.152. The average Bonchev–Trinajstić information content (AvgIpc) is 2.93. The number of nitrogens with one attached hydrogen (secondary N) is 3. The number of esters is 1. The lowest BCUT2D eigenvalue weighted by Gasteiger charge is -2.25. The lowest BCUT2D eigenvalue weighted by Crippen LogP contribution is -2.54. The summed E-state index contributed by atoms with van der Waals surface area (Å²) >= 11 is 0. The van der Waals surface area contributed by atoms with Crippen LogP contribution in [0.5, 0.6) is 0 Å². The molecule has 0 bridgehead atoms. The SMILES string of the molecule is C=C/C(=C\C=C/C)COC(=O)CCN[C@@H](CCCC(C)CC)C(=O)NC(CCC(C)C)C(=O)N[C@H](C=O)CC(C)C. The van der Waals surface area contributed by atoms with Crippen molar-refractivity contribution in [3.05, 3.63) is 36.5 Å². The molecule has 0 aliphatic rings. The lowest BCUT2D eigenvalue weighted by molar-refractivity contribution is -0.142. The van der Waals surface area contributed by atoms with Gasteiger partial charge in [0.15, 0.2) is 0 Å². The Morgan fingerprint density at radius 3 is 2.15 bits per heavy atom. The molecular weight excluding hydrogens is 518 g/mol. The van der Waals surface area contributed by atoms with E-state index in [-0.39, 0.29) is 43.3 Å². The summed E-state index contributed by atoms with van der Waals surface area (Å²) in [6.45, 7) is 18.5. The van der Waals surface area contributed by atoms with Gasteiger partial charge in [0.2, 0.25) is 11.8 Å². The quantitative estimate of drug-likeness (QED) is 0.0850. The van der Waals surface area contributed by atoms with Gasteiger partial charge in [-0.15, -0.1) is 0 Å². The number of amides is 2. The van der Waals surface area contributed by atoms with Crippen LogP contribution < -0.4 is 16.0 Å². The molecule has 0 aromatic heterocycles. The summed E-state index contributed by atoms with van der Waals surface area (Å²) in [4.78, 5) is 50.5. The molecule has 2 amide bonds. The van der Waals surface area contributed by atoms with Crippen molar-refractivity contribution in [2.24, 2.45) is 17.8 Å². The third-order valence-corrected chi connectivity index (χ3v) is 6.97. The molecule has 0 aliphatic carbocycles. The molecule has 41 heavy (non-hydrogen) atoms. The van der Waals surface area contributed by atoms with Crippen molar-refractivity contribution in [2.45, 2.75) is 118 Å². The fraction of sp³-hybridized carbons (Fsp3) is 0.697. The van der Waals surface area contributed by atoms with E-state index >= 15 is 0 Å². The summed E-state index contributed by atoms with van der Waals surface area (Å²) in [7, 11) is 0. The van der Waals surface area contributed by atoms with Crippen LogP contribution in [0.4, 0.5) is 0 Å². The van der Waals surface area contributed by atoms with Crippen molar-refractivity contribution >= 4 is 24.1 Å². The number of hydrogen-bond acceptors (Lipinski definition) is 6. The van der Waals surface area contributed by atoms with Gasteiger partial charge in [-0.1, -0.05) is 91.7 Å². The summed E-state index contributed by atoms with van der Waals surface area (Å²) in [6.07, 6.45) is 13.3. The normalized spacial score (nSPS) is 14.9. The summed E-state index contributed by atoms with van der Waals surface area (Å²) in [5, 5.41) is 8.97. The Hall–Kier alpha value is -2.74. The van der Waals surface area contributed by atoms with Crippen molar-refractivity contribution in [1.82, 2.24) is 16.0 Å². The first-order chi connectivity index (χ1) is 19.5. The molecule has 234 valence electrons. The van der Waals surface area contributed by atoms with Gasteiger partial charge in [0, 0.05) is 6.54 Å². The highest BCUT2D eigenvalue weighted by atomic mass is 16.5. The van der Waals surface area contributed by atoms with E-state index in [2.05, 4.69) is 50.2 Å². The average molecular weight is 576 g/mol. The summed E-state index contributed by atoms with van der Waals surface area (Å²) in [6, 6.07) is -1.90. The minimum Gasteiger partial charge on any atom is -0.461 e. The van der Waals surface area contributed by atoms with E-state index in [1.807, 2.05) is 39.0 Å². The van der Waals surface area contributed by atoms with Gasteiger partial charge in [-0.05, 0) is 55.9 Å². The molecule has 8 nitrogen and oxygen atoms in total. The van der Waals surface area contributed by atoms with Crippen LogP contribution >= 0.6 is 0 Å². The Balaban J connectivity index is 5.39. The molecule has 0 aliphatic heterocycles. The predicted octanol–water partition coefficient (Wildman–Crippen LogP) is 5.43. The van der Waals surface area contributed by atoms with Gasteiger partial charge in [-0.2, -0.15) is 0 Å². The molecule has 0 aromatic rings. The van der Waals surface area contributed by atoms with E-state index in [9.17, 15) is 19.2 Å². The molecule has 4 atom stereocenters. The van der Waals surface area contributed by atoms with Gasteiger partial charge in [0.1, 0.15) is 18.9 Å². The number of hydrogen-bond donors (Lipinski definition) is 3. The standard InChI is InChI=1S/C33H57N3O5/c1-9-12-15-27(11-3)23-41-31(38)19-20-34-29(16-13-14-26(8)10-2)32(39)36-30(18-17-24(4)5)33(40)35-28(22-37)21-25(6)7/h9,11-12,15,22,24-26,28-30,34H,3,10,13-14,16-21,23H2,1-2,4-8H3,(H,35,40)(H,36,39)/b12-9-,27-15+/t26?,28-,29-,30?/m0/s1. The Morgan fingerprint density at radius 2 is 1.59 bits per heavy atom. The second-order valence-electron chi connectivity index (χ2n) is 11.7. The van der Waals surface area contributed by atoms with Gasteiger partial charge < -0.3 is 25.5 Å². The molecule has 0 rings (SSSR count). The second-order valence-corrected chi connectivity index (χ2v) is 11.7. The van der Waals surface area contributed by atoms with Crippen molar-refractivity contribution in [3.8, 4) is 0 Å². The van der Waals surface area contributed by atoms with Gasteiger partial charge in [0.25, 0.3) is 0 Å². The Morgan fingerprint density at radius 1 is 0.902 bits per heavy atom. The van der Waals surface area contributed by atoms with Crippen LogP contribution in [-0.4, -0.2) is 55.3 Å². The molecule has 0 fully saturated rings. The maximum absolute atomic E-state index is 13.4. The first-order valence-electron chi connectivity index (χ1n) is 15.4. The topological polar surface area (TPSA) is 114 Å². The number of rotatable bonds is 23. The van der Waals surface area contributed by atoms with Crippen LogP contribution in [0.3, 0.4) is 0 Å². The van der Waals surface area contributed by atoms with Crippen molar-refractivity contribution in [3.63, 3.8) is 0 Å². The lowest BCUT2D eigenvalue weighted by atomic mass is 9.98. The van der Waals surface area contributed by atoms with Crippen molar-refractivity contribution in [2.75, 3.05) is 13.2 Å². The molecule has 3 N–H and O–H groups in total. The predicted molar refractivity (Wildman–Crippen MR) is 167 cm³/mol. The van der Waals surface area contributed by atoms with Crippen molar-refractivity contribution in [1.29, 1.82) is 0 Å². The first-order valence-corrected chi connectivity index (χ1v) is 15.4. The molecular formula is C33H57N3O5. The van der Waals surface area contributed by atoms with Gasteiger partial charge in [0.05, 0.1) is 18.5 Å². The van der Waals surface area contributed by atoms with Crippen LogP contribution in [0.1, 0.15) is 99.8 Å². The second kappa shape index (κ2) is 22.9. The first kappa shape index (κ1) is 38.3. The third kappa shape index (κ3) is 19.1. The van der Waals surface area contributed by atoms with Gasteiger partial charge in [-0.25, -0.2) is 0 Å². The minimum atomic E-state index is -0.746. The zero-order valence-electron chi connectivity index (χ0n) is 26.7. The number of ether oxygens (including phenoxy) is 1. The molecule has 0 heterocycles. The maximum Gasteiger partial charge on any atom is 0.307 e. The van der Waals surface area contributed by atoms with Crippen LogP contribution in [0, 0.1) is 17.8 Å². The number of allylic oxidation sites excluding steroid dienone is 3. The fourth-order valence-electron chi connectivity index (χ4n) is 4.16. The Bertz CT molecular complexity index is 850. The smallest absolute Gasteiger partial charge is 0.307 e. The van der Waals surface area contributed by atoms with E-state index in [1.54, 1.807) is 6.08 Å². The molecule has 0 spiro atoms. The monoisotopic (exact) mass is 575 g/mol. The summed E-state index contributed by atoms with van der Waals surface area (Å²) in [5.41, 5.74) is 0.794. The molecule has 0 saturated carbocycles. The Labute approximate surface area is 249 Å². The zero-order valence-corrected chi connectivity index (χ0v) is 26.7. The number of carbonyl (C=O) groups excluding carboxylic acids is 4. The van der Waals surface area contributed by atoms with E-state index in [4.69, 9.17) is 4.74 Å². The third-order valence-electron chi connectivity index (χ3n) is 6.97. The molecule has 0 radical (unpaired) electrons. The highest BCUT2D eigenvalue weighted by Gasteiger charge is 2.27. The fourth-order valence-corrected chi connectivity index (χ4v) is 4.16. The highest BCUT2D eigenvalue weighted by Crippen LogP contribution is 2.14. The van der Waals surface area contributed by atoms with E-state index in [1.165, 1.54) is 0 Å². The van der Waals surface area contributed by atoms with Crippen LogP contribution in [-0.2, 0) is 23.9 Å². The maximum atomic E-state index is 13.4. The number of carbonyl (C=O) groups is 4. The zero-order chi connectivity index (χ0) is 31.2. The Kier molecular flexibility index (Phi) is 21.4. The minimum absolute atomic E-state index is 0.108. The largest absolute Gasteiger partial charge is 0.461 e. The molecule has 0 saturated heterocycles. The van der Waals surface area contributed by atoms with Crippen LogP contribution in [0.2, 0.25) is 0 Å². The van der Waals surface area contributed by atoms with Crippen LogP contribution in [0.25, 0.3) is 0 Å². The van der Waals surface area contributed by atoms with Crippen LogP contribution in [0.15, 0.2) is 36.5 Å². The van der Waals surface area contributed by atoms with Crippen molar-refractivity contribution < 1.29 is 23.9 Å². The van der Waals surface area contributed by atoms with E-state index < -0.39 is 18.1 Å². The molecule has 0 aromatic carbocycles. The molecule has 8 heteroatoms. The van der Waals surface area contributed by atoms with E-state index in [0.29, 0.717) is 31.1 Å². The van der Waals surface area contributed by atoms with Gasteiger partial charge >= 0.3 is 5.97 Å². The number of aldehydes is 1. The molecule has 2 unspecified atom stereocenters. The highest BCUT2D eigenvalue weighted by molar-refractivity contribution is 5.90. The van der Waals surface area contributed by atoms with E-state index in [0.717, 1.165) is 37.5 Å². The summed E-state index contributed by atoms with van der Waals surface area (Å²) < 4.78 is 5.35.